The van der Waals surface area contributed by atoms with E-state index < -0.39 is 0 Å². The molecule has 1 amide bonds. The van der Waals surface area contributed by atoms with Crippen LogP contribution in [0.5, 0.6) is 0 Å². The molecule has 0 radical (unpaired) electrons. The minimum Gasteiger partial charge on any atom is -0.378 e. The Kier molecular flexibility index (Phi) is 7.51. The molecule has 9 nitrogen and oxygen atoms in total. The number of pyridine rings is 1. The Hall–Kier alpha value is -3.08. The average molecular weight is 494 g/mol. The van der Waals surface area contributed by atoms with Crippen molar-refractivity contribution in [2.75, 3.05) is 49.6 Å². The van der Waals surface area contributed by atoms with Crippen LogP contribution in [-0.4, -0.2) is 69.5 Å². The molecule has 0 unspecified atom stereocenters. The fraction of sp³-hybridized carbons (Fsp3) is 0.440. The van der Waals surface area contributed by atoms with Crippen molar-refractivity contribution in [3.05, 3.63) is 65.1 Å². The Labute approximate surface area is 210 Å². The Morgan fingerprint density at radius 3 is 2.66 bits per heavy atom. The van der Waals surface area contributed by atoms with Gasteiger partial charge in [-0.3, -0.25) is 14.3 Å². The lowest BCUT2D eigenvalue weighted by Gasteiger charge is -2.31. The maximum absolute atomic E-state index is 12.9. The molecule has 1 aromatic carbocycles. The van der Waals surface area contributed by atoms with Crippen LogP contribution in [0, 0.1) is 10.7 Å². The summed E-state index contributed by atoms with van der Waals surface area (Å²) >= 11 is 5.91. The fourth-order valence-corrected chi connectivity index (χ4v) is 4.92. The first kappa shape index (κ1) is 23.7. The number of aromatic nitrogens is 4. The second-order valence-corrected chi connectivity index (χ2v) is 9.38. The van der Waals surface area contributed by atoms with Gasteiger partial charge in [-0.05, 0) is 49.3 Å². The predicted octanol–water partition coefficient (Wildman–Crippen LogP) is 3.00. The number of morpholine rings is 1. The van der Waals surface area contributed by atoms with Crippen molar-refractivity contribution >= 4 is 29.9 Å². The van der Waals surface area contributed by atoms with Gasteiger partial charge in [-0.1, -0.05) is 36.4 Å². The quantitative estimate of drug-likeness (QED) is 0.507. The summed E-state index contributed by atoms with van der Waals surface area (Å²) in [6.07, 6.45) is 3.50. The Balaban J connectivity index is 1.32. The molecule has 0 aliphatic carbocycles. The van der Waals surface area contributed by atoms with Gasteiger partial charge in [0.2, 0.25) is 16.6 Å². The molecular weight excluding hydrogens is 462 g/mol. The smallest absolute Gasteiger partial charge is 0.229 e. The SMILES string of the molecule is O=C(Nc1ccccn1)[C@H]1CCCN(Cn2nc(N3CCOCC3)n(Cc3ccccc3)c2=S)C1. The van der Waals surface area contributed by atoms with Crippen LogP contribution < -0.4 is 10.2 Å². The van der Waals surface area contributed by atoms with Crippen molar-refractivity contribution in [2.45, 2.75) is 26.1 Å². The lowest BCUT2D eigenvalue weighted by molar-refractivity contribution is -0.121. The summed E-state index contributed by atoms with van der Waals surface area (Å²) < 4.78 is 10.3. The number of nitrogens with zero attached hydrogens (tertiary/aromatic N) is 6. The molecule has 2 aliphatic heterocycles. The number of nitrogens with one attached hydrogen (secondary N) is 1. The van der Waals surface area contributed by atoms with Crippen molar-refractivity contribution in [1.29, 1.82) is 0 Å². The molecule has 35 heavy (non-hydrogen) atoms. The molecule has 1 atom stereocenters. The highest BCUT2D eigenvalue weighted by Crippen LogP contribution is 2.21. The summed E-state index contributed by atoms with van der Waals surface area (Å²) in [6.45, 7) is 5.76. The maximum atomic E-state index is 12.9. The van der Waals surface area contributed by atoms with Crippen molar-refractivity contribution in [1.82, 2.24) is 24.2 Å². The molecule has 184 valence electrons. The Morgan fingerprint density at radius 2 is 1.89 bits per heavy atom. The number of rotatable bonds is 7. The van der Waals surface area contributed by atoms with Gasteiger partial charge >= 0.3 is 0 Å². The van der Waals surface area contributed by atoms with Gasteiger partial charge in [0.25, 0.3) is 0 Å². The number of ether oxygens (including phenoxy) is 1. The number of hydrogen-bond donors (Lipinski definition) is 1. The summed E-state index contributed by atoms with van der Waals surface area (Å²) in [4.78, 5) is 21.6. The van der Waals surface area contributed by atoms with E-state index in [2.05, 4.69) is 36.8 Å². The Morgan fingerprint density at radius 1 is 1.09 bits per heavy atom. The van der Waals surface area contributed by atoms with Gasteiger partial charge in [-0.15, -0.1) is 5.10 Å². The van der Waals surface area contributed by atoms with Gasteiger partial charge in [0, 0.05) is 25.8 Å². The van der Waals surface area contributed by atoms with Crippen LogP contribution >= 0.6 is 12.2 Å². The van der Waals surface area contributed by atoms with Crippen molar-refractivity contribution in [3.63, 3.8) is 0 Å². The third kappa shape index (κ3) is 5.77. The fourth-order valence-electron chi connectivity index (χ4n) is 4.68. The monoisotopic (exact) mass is 493 g/mol. The first-order valence-corrected chi connectivity index (χ1v) is 12.6. The van der Waals surface area contributed by atoms with Crippen molar-refractivity contribution in [3.8, 4) is 0 Å². The lowest BCUT2D eigenvalue weighted by Crippen LogP contribution is -2.41. The summed E-state index contributed by atoms with van der Waals surface area (Å²) in [5.74, 6) is 1.39. The van der Waals surface area contributed by atoms with E-state index in [-0.39, 0.29) is 11.8 Å². The van der Waals surface area contributed by atoms with E-state index in [1.807, 2.05) is 41.1 Å². The van der Waals surface area contributed by atoms with Gasteiger partial charge in [0.1, 0.15) is 5.82 Å². The molecule has 10 heteroatoms. The molecule has 2 fully saturated rings. The number of anilines is 2. The van der Waals surface area contributed by atoms with Crippen LogP contribution in [0.15, 0.2) is 54.7 Å². The Bertz CT molecular complexity index is 1180. The molecule has 4 heterocycles. The first-order valence-electron chi connectivity index (χ1n) is 12.2. The highest BCUT2D eigenvalue weighted by molar-refractivity contribution is 7.71. The molecule has 0 bridgehead atoms. The summed E-state index contributed by atoms with van der Waals surface area (Å²) in [6, 6.07) is 15.8. The third-order valence-electron chi connectivity index (χ3n) is 6.51. The molecule has 0 saturated carbocycles. The number of carbonyl (C=O) groups is 1. The molecule has 0 spiro atoms. The van der Waals surface area contributed by atoms with E-state index in [1.54, 1.807) is 6.20 Å². The normalized spacial score (nSPS) is 19.0. The minimum atomic E-state index is -0.0926. The average Bonchev–Trinajstić information content (AvgIpc) is 3.20. The van der Waals surface area contributed by atoms with Gasteiger partial charge < -0.3 is 15.0 Å². The summed E-state index contributed by atoms with van der Waals surface area (Å²) in [5, 5.41) is 7.90. The molecule has 3 aromatic rings. The van der Waals surface area contributed by atoms with E-state index in [0.717, 1.165) is 38.4 Å². The molecule has 2 aromatic heterocycles. The third-order valence-corrected chi connectivity index (χ3v) is 6.94. The summed E-state index contributed by atoms with van der Waals surface area (Å²) in [7, 11) is 0. The van der Waals surface area contributed by atoms with E-state index in [0.29, 0.717) is 43.6 Å². The van der Waals surface area contributed by atoms with E-state index in [1.165, 1.54) is 5.56 Å². The lowest BCUT2D eigenvalue weighted by atomic mass is 9.97. The zero-order valence-corrected chi connectivity index (χ0v) is 20.6. The van der Waals surface area contributed by atoms with Crippen LogP contribution in [-0.2, 0) is 22.7 Å². The standard InChI is InChI=1S/C25H31N7O2S/c33-23(27-22-10-4-5-11-26-22)21-9-6-12-29(18-21)19-32-25(35)31(17-20-7-2-1-3-8-20)24(28-32)30-13-15-34-16-14-30/h1-5,7-8,10-11,21H,6,9,12-19H2,(H,26,27,33)/t21-/m0/s1. The number of likely N-dealkylation sites (tertiary alicyclic amines) is 1. The molecule has 2 aliphatic rings. The van der Waals surface area contributed by atoms with Crippen molar-refractivity contribution in [2.24, 2.45) is 5.92 Å². The number of carbonyl (C=O) groups excluding carboxylic acids is 1. The second-order valence-electron chi connectivity index (χ2n) is 9.02. The topological polar surface area (TPSA) is 80.5 Å². The van der Waals surface area contributed by atoms with Crippen LogP contribution in [0.1, 0.15) is 18.4 Å². The highest BCUT2D eigenvalue weighted by Gasteiger charge is 2.27. The van der Waals surface area contributed by atoms with Crippen LogP contribution in [0.2, 0.25) is 0 Å². The number of piperidine rings is 1. The zero-order chi connectivity index (χ0) is 24.0. The van der Waals surface area contributed by atoms with E-state index >= 15 is 0 Å². The molecule has 2 saturated heterocycles. The van der Waals surface area contributed by atoms with Crippen LogP contribution in [0.3, 0.4) is 0 Å². The van der Waals surface area contributed by atoms with Gasteiger partial charge in [-0.25, -0.2) is 9.67 Å². The largest absolute Gasteiger partial charge is 0.378 e. The molecule has 5 rings (SSSR count). The highest BCUT2D eigenvalue weighted by atomic mass is 32.1. The van der Waals surface area contributed by atoms with Gasteiger partial charge in [0.05, 0.1) is 32.3 Å². The van der Waals surface area contributed by atoms with Gasteiger partial charge in [0.15, 0.2) is 0 Å². The number of benzene rings is 1. The van der Waals surface area contributed by atoms with E-state index in [9.17, 15) is 4.79 Å². The first-order chi connectivity index (χ1) is 17.2. The maximum Gasteiger partial charge on any atom is 0.229 e. The van der Waals surface area contributed by atoms with Gasteiger partial charge in [-0.2, -0.15) is 0 Å². The zero-order valence-electron chi connectivity index (χ0n) is 19.8. The molecule has 1 N–H and O–H groups in total. The van der Waals surface area contributed by atoms with E-state index in [4.69, 9.17) is 22.1 Å². The van der Waals surface area contributed by atoms with Crippen LogP contribution in [0.4, 0.5) is 11.8 Å². The number of hydrogen-bond acceptors (Lipinski definition) is 7. The predicted molar refractivity (Wildman–Crippen MR) is 137 cm³/mol. The minimum absolute atomic E-state index is 0.0145. The van der Waals surface area contributed by atoms with Crippen LogP contribution in [0.25, 0.3) is 0 Å². The number of amides is 1. The molecular formula is C25H31N7O2S. The summed E-state index contributed by atoms with van der Waals surface area (Å²) in [5.41, 5.74) is 1.18. The second kappa shape index (κ2) is 11.1. The van der Waals surface area contributed by atoms with Crippen molar-refractivity contribution < 1.29 is 9.53 Å².